The van der Waals surface area contributed by atoms with Crippen molar-refractivity contribution in [3.05, 3.63) is 42.2 Å². The lowest BCUT2D eigenvalue weighted by Crippen LogP contribution is -1.93. The zero-order valence-corrected chi connectivity index (χ0v) is 7.23. The van der Waals surface area contributed by atoms with E-state index in [0.717, 1.165) is 5.56 Å². The van der Waals surface area contributed by atoms with Crippen LogP contribution in [-0.2, 0) is 11.3 Å². The molecule has 0 fully saturated rings. The molecule has 0 saturated carbocycles. The van der Waals surface area contributed by atoms with Gasteiger partial charge in [0, 0.05) is 6.20 Å². The van der Waals surface area contributed by atoms with Crippen LogP contribution in [0.2, 0.25) is 0 Å². The minimum Gasteiger partial charge on any atom is -0.373 e. The van der Waals surface area contributed by atoms with Crippen molar-refractivity contribution in [1.29, 1.82) is 5.26 Å². The summed E-state index contributed by atoms with van der Waals surface area (Å²) in [5.74, 6) is 0. The molecule has 0 aliphatic heterocycles. The van der Waals surface area contributed by atoms with Gasteiger partial charge in [-0.15, -0.1) is 6.58 Å². The maximum Gasteiger partial charge on any atom is 0.140 e. The summed E-state index contributed by atoms with van der Waals surface area (Å²) in [5.41, 5.74) is 1.37. The van der Waals surface area contributed by atoms with Crippen molar-refractivity contribution in [2.24, 2.45) is 0 Å². The van der Waals surface area contributed by atoms with E-state index in [1.807, 2.05) is 12.1 Å². The van der Waals surface area contributed by atoms with Crippen LogP contribution in [0.25, 0.3) is 0 Å². The molecule has 0 unspecified atom stereocenters. The second-order valence-electron chi connectivity index (χ2n) is 2.46. The molecular weight excluding hydrogens is 164 g/mol. The highest BCUT2D eigenvalue weighted by Gasteiger charge is 1.95. The van der Waals surface area contributed by atoms with Gasteiger partial charge in [0.25, 0.3) is 0 Å². The highest BCUT2D eigenvalue weighted by molar-refractivity contribution is 5.24. The molecule has 0 saturated heterocycles. The molecule has 0 spiro atoms. The van der Waals surface area contributed by atoms with Gasteiger partial charge in [-0.2, -0.15) is 5.26 Å². The summed E-state index contributed by atoms with van der Waals surface area (Å²) in [5, 5.41) is 8.56. The summed E-state index contributed by atoms with van der Waals surface area (Å²) in [4.78, 5) is 3.85. The Kier molecular flexibility index (Phi) is 3.68. The van der Waals surface area contributed by atoms with Gasteiger partial charge in [0.2, 0.25) is 0 Å². The summed E-state index contributed by atoms with van der Waals surface area (Å²) < 4.78 is 5.21. The second-order valence-corrected chi connectivity index (χ2v) is 2.46. The Morgan fingerprint density at radius 1 is 1.69 bits per heavy atom. The largest absolute Gasteiger partial charge is 0.373 e. The number of pyridine rings is 1. The molecule has 3 heteroatoms. The van der Waals surface area contributed by atoms with Crippen LogP contribution < -0.4 is 0 Å². The number of aromatic nitrogens is 1. The quantitative estimate of drug-likeness (QED) is 0.515. The first-order valence-electron chi connectivity index (χ1n) is 3.90. The van der Waals surface area contributed by atoms with E-state index in [1.165, 1.54) is 0 Å². The predicted molar refractivity (Wildman–Crippen MR) is 48.8 cm³/mol. The summed E-state index contributed by atoms with van der Waals surface area (Å²) in [7, 11) is 0. The molecule has 0 bridgehead atoms. The van der Waals surface area contributed by atoms with Gasteiger partial charge in [-0.05, 0) is 17.7 Å². The predicted octanol–water partition coefficient (Wildman–Crippen LogP) is 1.66. The second kappa shape index (κ2) is 5.07. The molecule has 1 aromatic heterocycles. The van der Waals surface area contributed by atoms with Crippen LogP contribution in [0.15, 0.2) is 31.0 Å². The third-order valence-corrected chi connectivity index (χ3v) is 1.44. The van der Waals surface area contributed by atoms with Gasteiger partial charge in [-0.25, -0.2) is 4.98 Å². The third kappa shape index (κ3) is 3.06. The summed E-state index contributed by atoms with van der Waals surface area (Å²) in [6.45, 7) is 4.54. The Bertz CT molecular complexity index is 328. The van der Waals surface area contributed by atoms with Crippen LogP contribution in [-0.4, -0.2) is 11.6 Å². The van der Waals surface area contributed by atoms with Crippen molar-refractivity contribution in [2.45, 2.75) is 6.61 Å². The van der Waals surface area contributed by atoms with Gasteiger partial charge in [0.1, 0.15) is 11.8 Å². The van der Waals surface area contributed by atoms with Crippen molar-refractivity contribution in [3.63, 3.8) is 0 Å². The lowest BCUT2D eigenvalue weighted by atomic mass is 10.2. The number of ether oxygens (including phenoxy) is 1. The van der Waals surface area contributed by atoms with Gasteiger partial charge in [-0.3, -0.25) is 0 Å². The van der Waals surface area contributed by atoms with Crippen LogP contribution in [0.5, 0.6) is 0 Å². The van der Waals surface area contributed by atoms with E-state index < -0.39 is 0 Å². The molecule has 0 atom stereocenters. The molecule has 0 aliphatic carbocycles. The fourth-order valence-corrected chi connectivity index (χ4v) is 0.885. The summed E-state index contributed by atoms with van der Waals surface area (Å²) >= 11 is 0. The molecule has 66 valence electrons. The van der Waals surface area contributed by atoms with E-state index in [1.54, 1.807) is 18.3 Å². The fraction of sp³-hybridized carbons (Fsp3) is 0.200. The number of hydrogen-bond donors (Lipinski definition) is 0. The van der Waals surface area contributed by atoms with Crippen LogP contribution >= 0.6 is 0 Å². The van der Waals surface area contributed by atoms with E-state index >= 15 is 0 Å². The van der Waals surface area contributed by atoms with Crippen molar-refractivity contribution in [3.8, 4) is 6.07 Å². The minimum atomic E-state index is 0.416. The summed E-state index contributed by atoms with van der Waals surface area (Å²) in [6, 6.07) is 5.51. The molecule has 3 nitrogen and oxygen atoms in total. The molecular formula is C10H10N2O. The average Bonchev–Trinajstić information content (AvgIpc) is 2.19. The van der Waals surface area contributed by atoms with Crippen LogP contribution in [0.4, 0.5) is 0 Å². The Balaban J connectivity index is 2.57. The van der Waals surface area contributed by atoms with Crippen LogP contribution in [0, 0.1) is 11.3 Å². The van der Waals surface area contributed by atoms with Crippen molar-refractivity contribution < 1.29 is 4.74 Å². The van der Waals surface area contributed by atoms with Crippen molar-refractivity contribution in [1.82, 2.24) is 4.98 Å². The highest BCUT2D eigenvalue weighted by atomic mass is 16.5. The van der Waals surface area contributed by atoms with E-state index in [0.29, 0.717) is 18.9 Å². The lowest BCUT2D eigenvalue weighted by Gasteiger charge is -2.00. The van der Waals surface area contributed by atoms with Crippen molar-refractivity contribution >= 4 is 0 Å². The van der Waals surface area contributed by atoms with Gasteiger partial charge < -0.3 is 4.74 Å². The SMILES string of the molecule is C=CCOCc1ccnc(C#N)c1. The first-order chi connectivity index (χ1) is 6.36. The Labute approximate surface area is 77.3 Å². The number of rotatable bonds is 4. The molecule has 0 aromatic carbocycles. The molecule has 0 N–H and O–H groups in total. The standard InChI is InChI=1S/C10H10N2O/c1-2-5-13-8-9-3-4-12-10(6-9)7-11/h2-4,6H,1,5,8H2. The van der Waals surface area contributed by atoms with E-state index in [9.17, 15) is 0 Å². The summed E-state index contributed by atoms with van der Waals surface area (Å²) in [6.07, 6.45) is 3.29. The Morgan fingerprint density at radius 2 is 2.54 bits per heavy atom. The number of nitrogens with zero attached hydrogens (tertiary/aromatic N) is 2. The first-order valence-corrected chi connectivity index (χ1v) is 3.90. The van der Waals surface area contributed by atoms with Crippen molar-refractivity contribution in [2.75, 3.05) is 6.61 Å². The fourth-order valence-electron chi connectivity index (χ4n) is 0.885. The smallest absolute Gasteiger partial charge is 0.140 e. The van der Waals surface area contributed by atoms with E-state index in [4.69, 9.17) is 10.00 Å². The van der Waals surface area contributed by atoms with Gasteiger partial charge >= 0.3 is 0 Å². The maximum absolute atomic E-state index is 8.56. The zero-order valence-electron chi connectivity index (χ0n) is 7.23. The van der Waals surface area contributed by atoms with Gasteiger partial charge in [0.15, 0.2) is 0 Å². The van der Waals surface area contributed by atoms with E-state index in [-0.39, 0.29) is 0 Å². The molecule has 0 amide bonds. The molecule has 13 heavy (non-hydrogen) atoms. The minimum absolute atomic E-state index is 0.416. The highest BCUT2D eigenvalue weighted by Crippen LogP contribution is 2.02. The Hall–Kier alpha value is -1.66. The number of nitriles is 1. The van der Waals surface area contributed by atoms with Gasteiger partial charge in [-0.1, -0.05) is 6.08 Å². The maximum atomic E-state index is 8.56. The lowest BCUT2D eigenvalue weighted by molar-refractivity contribution is 0.149. The monoisotopic (exact) mass is 174 g/mol. The first kappa shape index (κ1) is 9.43. The zero-order chi connectivity index (χ0) is 9.52. The Morgan fingerprint density at radius 3 is 3.23 bits per heavy atom. The molecule has 0 aliphatic rings. The average molecular weight is 174 g/mol. The molecule has 1 rings (SSSR count). The topological polar surface area (TPSA) is 45.9 Å². The molecule has 0 radical (unpaired) electrons. The normalized spacial score (nSPS) is 9.15. The van der Waals surface area contributed by atoms with E-state index in [2.05, 4.69) is 11.6 Å². The van der Waals surface area contributed by atoms with Gasteiger partial charge in [0.05, 0.1) is 13.2 Å². The molecule has 1 heterocycles. The molecule has 1 aromatic rings. The van der Waals surface area contributed by atoms with Crippen LogP contribution in [0.1, 0.15) is 11.3 Å². The third-order valence-electron chi connectivity index (χ3n) is 1.44. The van der Waals surface area contributed by atoms with Crippen LogP contribution in [0.3, 0.4) is 0 Å². The number of hydrogen-bond acceptors (Lipinski definition) is 3.